The molecule has 0 spiro atoms. The van der Waals surface area contributed by atoms with Gasteiger partial charge in [-0.15, -0.1) is 0 Å². The Morgan fingerprint density at radius 1 is 1.11 bits per heavy atom. The van der Waals surface area contributed by atoms with Crippen LogP contribution in [0.5, 0.6) is 0 Å². The first-order valence-corrected chi connectivity index (χ1v) is 11.6. The fourth-order valence-electron chi connectivity index (χ4n) is 4.13. The van der Waals surface area contributed by atoms with Gasteiger partial charge >= 0.3 is 0 Å². The van der Waals surface area contributed by atoms with Gasteiger partial charge in [0.2, 0.25) is 10.0 Å². The van der Waals surface area contributed by atoms with Crippen molar-refractivity contribution in [3.8, 4) is 0 Å². The molecule has 2 saturated heterocycles. The van der Waals surface area contributed by atoms with Crippen molar-refractivity contribution in [2.75, 3.05) is 38.0 Å². The topological polar surface area (TPSA) is 70.9 Å². The van der Waals surface area contributed by atoms with Gasteiger partial charge in [0.25, 0.3) is 5.91 Å². The van der Waals surface area contributed by atoms with E-state index in [1.165, 1.54) is 17.7 Å². The number of carbonyl (C=O) groups excluding carboxylic acids is 1. The van der Waals surface area contributed by atoms with Crippen LogP contribution in [0.25, 0.3) is 0 Å². The summed E-state index contributed by atoms with van der Waals surface area (Å²) in [4.78, 5) is 13.9. The lowest BCUT2D eigenvalue weighted by atomic mass is 10.0. The number of nitrogens with zero attached hydrogens (tertiary/aromatic N) is 1. The average molecular weight is 395 g/mol. The highest BCUT2D eigenvalue weighted by atomic mass is 32.2. The molecule has 6 nitrogen and oxygen atoms in total. The molecule has 2 heterocycles. The maximum absolute atomic E-state index is 12.8. The molecule has 0 aromatic heterocycles. The average Bonchev–Trinajstić information content (AvgIpc) is 2.92. The molecule has 0 aliphatic carbocycles. The summed E-state index contributed by atoms with van der Waals surface area (Å²) in [5.74, 6) is 0.659. The Balaban J connectivity index is 1.58. The van der Waals surface area contributed by atoms with Gasteiger partial charge in [0.05, 0.1) is 18.0 Å². The smallest absolute Gasteiger partial charge is 0.279 e. The molecule has 2 aliphatic rings. The third-order valence-corrected chi connectivity index (χ3v) is 7.53. The standard InChI is InChI=1S/C20H31N3O3S/c1-17-7-6-12-22(15-17)16-20(24)21-18-8-10-19(11-9-18)27(25,26)23-13-4-2-3-5-14-23/h8-11,17H,2-7,12-16H2,1H3,(H,21,24)/p+1/t17-/m1/s1. The van der Waals surface area contributed by atoms with Gasteiger partial charge < -0.3 is 10.2 Å². The van der Waals surface area contributed by atoms with Crippen LogP contribution in [0.1, 0.15) is 45.4 Å². The van der Waals surface area contributed by atoms with Gasteiger partial charge in [0, 0.05) is 24.7 Å². The molecule has 0 saturated carbocycles. The first kappa shape index (κ1) is 20.3. The highest BCUT2D eigenvalue weighted by Crippen LogP contribution is 2.21. The van der Waals surface area contributed by atoms with Gasteiger partial charge in [0.1, 0.15) is 0 Å². The highest BCUT2D eigenvalue weighted by Gasteiger charge is 2.25. The number of likely N-dealkylation sites (tertiary alicyclic amines) is 1. The Morgan fingerprint density at radius 3 is 2.41 bits per heavy atom. The van der Waals surface area contributed by atoms with Crippen LogP contribution in [0.3, 0.4) is 0 Å². The van der Waals surface area contributed by atoms with Crippen LogP contribution in [0, 0.1) is 5.92 Å². The van der Waals surface area contributed by atoms with E-state index in [2.05, 4.69) is 12.2 Å². The Morgan fingerprint density at radius 2 is 1.78 bits per heavy atom. The van der Waals surface area contributed by atoms with Crippen molar-refractivity contribution in [1.29, 1.82) is 0 Å². The number of piperidine rings is 1. The molecule has 0 bridgehead atoms. The fraction of sp³-hybridized carbons (Fsp3) is 0.650. The van der Waals surface area contributed by atoms with Gasteiger partial charge in [-0.25, -0.2) is 8.42 Å². The van der Waals surface area contributed by atoms with Crippen molar-refractivity contribution in [2.24, 2.45) is 5.92 Å². The lowest BCUT2D eigenvalue weighted by Gasteiger charge is -2.27. The number of hydrogen-bond acceptors (Lipinski definition) is 3. The van der Waals surface area contributed by atoms with E-state index >= 15 is 0 Å². The monoisotopic (exact) mass is 394 g/mol. The van der Waals surface area contributed by atoms with Crippen molar-refractivity contribution in [3.05, 3.63) is 24.3 Å². The maximum Gasteiger partial charge on any atom is 0.279 e. The number of anilines is 1. The van der Waals surface area contributed by atoms with Crippen molar-refractivity contribution in [3.63, 3.8) is 0 Å². The Bertz CT molecular complexity index is 725. The second-order valence-electron chi connectivity index (χ2n) is 8.02. The van der Waals surface area contributed by atoms with Crippen LogP contribution >= 0.6 is 0 Å². The zero-order chi connectivity index (χ0) is 19.3. The van der Waals surface area contributed by atoms with E-state index < -0.39 is 10.0 Å². The molecule has 2 atom stereocenters. The molecule has 150 valence electrons. The van der Waals surface area contributed by atoms with Gasteiger partial charge in [0.15, 0.2) is 6.54 Å². The van der Waals surface area contributed by atoms with Gasteiger partial charge in [-0.2, -0.15) is 4.31 Å². The second kappa shape index (κ2) is 9.17. The zero-order valence-corrected chi connectivity index (χ0v) is 17.1. The molecule has 1 unspecified atom stereocenters. The van der Waals surface area contributed by atoms with Gasteiger partial charge in [-0.3, -0.25) is 4.79 Å². The fourth-order valence-corrected chi connectivity index (χ4v) is 5.65. The number of rotatable bonds is 5. The minimum absolute atomic E-state index is 0.0118. The molecular formula is C20H32N3O3S+. The zero-order valence-electron chi connectivity index (χ0n) is 16.2. The number of nitrogens with one attached hydrogen (secondary N) is 2. The lowest BCUT2D eigenvalue weighted by molar-refractivity contribution is -0.900. The molecular weight excluding hydrogens is 362 g/mol. The molecule has 1 amide bonds. The molecule has 2 fully saturated rings. The molecule has 1 aromatic rings. The summed E-state index contributed by atoms with van der Waals surface area (Å²) in [6.45, 7) is 5.99. The summed E-state index contributed by atoms with van der Waals surface area (Å²) in [7, 11) is -3.44. The third-order valence-electron chi connectivity index (χ3n) is 5.62. The summed E-state index contributed by atoms with van der Waals surface area (Å²) < 4.78 is 27.2. The summed E-state index contributed by atoms with van der Waals surface area (Å²) >= 11 is 0. The van der Waals surface area contributed by atoms with Crippen LogP contribution in [-0.4, -0.2) is 51.4 Å². The number of carbonyl (C=O) groups is 1. The summed E-state index contributed by atoms with van der Waals surface area (Å²) in [6.07, 6.45) is 6.45. The van der Waals surface area contributed by atoms with E-state index in [0.717, 1.165) is 38.8 Å². The minimum atomic E-state index is -3.44. The molecule has 0 radical (unpaired) electrons. The van der Waals surface area contributed by atoms with Crippen LogP contribution in [0.15, 0.2) is 29.2 Å². The highest BCUT2D eigenvalue weighted by molar-refractivity contribution is 7.89. The molecule has 2 aliphatic heterocycles. The van der Waals surface area contributed by atoms with E-state index in [4.69, 9.17) is 0 Å². The minimum Gasteiger partial charge on any atom is -0.327 e. The largest absolute Gasteiger partial charge is 0.327 e. The number of quaternary nitrogens is 1. The van der Waals surface area contributed by atoms with Crippen LogP contribution in [0.4, 0.5) is 5.69 Å². The van der Waals surface area contributed by atoms with Crippen molar-refractivity contribution < 1.29 is 18.1 Å². The molecule has 7 heteroatoms. The first-order chi connectivity index (χ1) is 12.9. The number of benzene rings is 1. The van der Waals surface area contributed by atoms with E-state index in [1.54, 1.807) is 28.6 Å². The van der Waals surface area contributed by atoms with Crippen LogP contribution in [0.2, 0.25) is 0 Å². The first-order valence-electron chi connectivity index (χ1n) is 10.2. The predicted molar refractivity (Wildman–Crippen MR) is 106 cm³/mol. The van der Waals surface area contributed by atoms with E-state index in [0.29, 0.717) is 36.1 Å². The SMILES string of the molecule is C[C@@H]1CCC[NH+](CC(=O)Nc2ccc(S(=O)(=O)N3CCCCCC3)cc2)C1. The van der Waals surface area contributed by atoms with E-state index in [9.17, 15) is 13.2 Å². The summed E-state index contributed by atoms with van der Waals surface area (Å²) in [5.41, 5.74) is 0.652. The van der Waals surface area contributed by atoms with Crippen LogP contribution < -0.4 is 10.2 Å². The maximum atomic E-state index is 12.8. The lowest BCUT2D eigenvalue weighted by Crippen LogP contribution is -3.14. The predicted octanol–water partition coefficient (Wildman–Crippen LogP) is 1.50. The number of amides is 1. The molecule has 2 N–H and O–H groups in total. The Hall–Kier alpha value is -1.44. The van der Waals surface area contributed by atoms with Gasteiger partial charge in [-0.05, 0) is 49.9 Å². The number of sulfonamides is 1. The molecule has 3 rings (SSSR count). The summed E-state index contributed by atoms with van der Waals surface area (Å²) in [6, 6.07) is 6.59. The van der Waals surface area contributed by atoms with E-state index in [-0.39, 0.29) is 5.91 Å². The normalized spacial score (nSPS) is 24.9. The third kappa shape index (κ3) is 5.53. The van der Waals surface area contributed by atoms with Crippen molar-refractivity contribution in [2.45, 2.75) is 50.3 Å². The number of hydrogen-bond donors (Lipinski definition) is 2. The summed E-state index contributed by atoms with van der Waals surface area (Å²) in [5, 5.41) is 2.90. The molecule has 27 heavy (non-hydrogen) atoms. The quantitative estimate of drug-likeness (QED) is 0.795. The molecule has 1 aromatic carbocycles. The van der Waals surface area contributed by atoms with E-state index in [1.807, 2.05) is 0 Å². The second-order valence-corrected chi connectivity index (χ2v) is 9.96. The van der Waals surface area contributed by atoms with Gasteiger partial charge in [-0.1, -0.05) is 19.8 Å². The van der Waals surface area contributed by atoms with Crippen molar-refractivity contribution >= 4 is 21.6 Å². The Kier molecular flexibility index (Phi) is 6.89. The van der Waals surface area contributed by atoms with Crippen molar-refractivity contribution in [1.82, 2.24) is 4.31 Å². The Labute approximate surface area is 163 Å². The van der Waals surface area contributed by atoms with Crippen LogP contribution in [-0.2, 0) is 14.8 Å².